The fraction of sp³-hybridized carbons (Fsp3) is 0.500. The van der Waals surface area contributed by atoms with E-state index in [1.165, 1.54) is 0 Å². The predicted molar refractivity (Wildman–Crippen MR) is 85.5 cm³/mol. The molecule has 0 N–H and O–H groups in total. The fourth-order valence-corrected chi connectivity index (χ4v) is 2.07. The van der Waals surface area contributed by atoms with Crippen LogP contribution in [0.4, 0.5) is 0 Å². The maximum absolute atomic E-state index is 11.3. The molecule has 0 aliphatic heterocycles. The Labute approximate surface area is 128 Å². The molecule has 1 aromatic carbocycles. The summed E-state index contributed by atoms with van der Waals surface area (Å²) in [5.74, 6) is 1.45. The topological polar surface area (TPSA) is 35.5 Å². The standard InChI is InChI=1S/C18H26O3/c1-5-14(2)6-9-18(12-15(3)19)21-13-16-7-10-17(20-4)11-8-16/h5,7-8,10-11,14,18H,1,6,9,12-13H2,2-4H3/t14-,18-/m1/s1. The van der Waals surface area contributed by atoms with Crippen molar-refractivity contribution in [3.8, 4) is 5.75 Å². The van der Waals surface area contributed by atoms with Crippen LogP contribution >= 0.6 is 0 Å². The van der Waals surface area contributed by atoms with Gasteiger partial charge in [-0.2, -0.15) is 0 Å². The van der Waals surface area contributed by atoms with E-state index in [1.54, 1.807) is 14.0 Å². The highest BCUT2D eigenvalue weighted by Gasteiger charge is 2.13. The first-order chi connectivity index (χ1) is 10.0. The van der Waals surface area contributed by atoms with Gasteiger partial charge in [-0.25, -0.2) is 0 Å². The zero-order valence-electron chi connectivity index (χ0n) is 13.3. The van der Waals surface area contributed by atoms with Gasteiger partial charge < -0.3 is 9.47 Å². The Bertz CT molecular complexity index is 436. The SMILES string of the molecule is C=C[C@@H](C)CC[C@H](CC(C)=O)OCc1ccc(OC)cc1. The van der Waals surface area contributed by atoms with Gasteiger partial charge in [-0.15, -0.1) is 6.58 Å². The van der Waals surface area contributed by atoms with Crippen molar-refractivity contribution in [1.82, 2.24) is 0 Å². The van der Waals surface area contributed by atoms with E-state index in [0.717, 1.165) is 24.2 Å². The third kappa shape index (κ3) is 7.09. The zero-order valence-corrected chi connectivity index (χ0v) is 13.3. The minimum absolute atomic E-state index is 0.0213. The predicted octanol–water partition coefficient (Wildman–Crippen LogP) is 4.16. The summed E-state index contributed by atoms with van der Waals surface area (Å²) in [6.07, 6.45) is 4.26. The molecule has 0 unspecified atom stereocenters. The number of carbonyl (C=O) groups is 1. The van der Waals surface area contributed by atoms with Crippen molar-refractivity contribution in [2.24, 2.45) is 5.92 Å². The first-order valence-corrected chi connectivity index (χ1v) is 7.41. The molecule has 0 heterocycles. The number of benzene rings is 1. The number of methoxy groups -OCH3 is 1. The second-order valence-electron chi connectivity index (χ2n) is 5.48. The van der Waals surface area contributed by atoms with E-state index in [4.69, 9.17) is 9.47 Å². The summed E-state index contributed by atoms with van der Waals surface area (Å²) in [4.78, 5) is 11.3. The normalized spacial score (nSPS) is 13.5. The van der Waals surface area contributed by atoms with Crippen LogP contribution in [0, 0.1) is 5.92 Å². The van der Waals surface area contributed by atoms with E-state index in [0.29, 0.717) is 18.9 Å². The molecule has 1 rings (SSSR count). The smallest absolute Gasteiger partial charge is 0.132 e. The summed E-state index contributed by atoms with van der Waals surface area (Å²) in [6.45, 7) is 8.05. The summed E-state index contributed by atoms with van der Waals surface area (Å²) < 4.78 is 11.0. The Morgan fingerprint density at radius 1 is 1.29 bits per heavy atom. The average molecular weight is 290 g/mol. The van der Waals surface area contributed by atoms with Gasteiger partial charge in [0.05, 0.1) is 19.8 Å². The van der Waals surface area contributed by atoms with Gasteiger partial charge in [0.15, 0.2) is 0 Å². The van der Waals surface area contributed by atoms with E-state index < -0.39 is 0 Å². The lowest BCUT2D eigenvalue weighted by molar-refractivity contribution is -0.120. The maximum Gasteiger partial charge on any atom is 0.132 e. The fourth-order valence-electron chi connectivity index (χ4n) is 2.07. The minimum Gasteiger partial charge on any atom is -0.497 e. The molecule has 0 spiro atoms. The van der Waals surface area contributed by atoms with Crippen LogP contribution in [-0.4, -0.2) is 19.0 Å². The Kier molecular flexibility index (Phi) is 7.76. The van der Waals surface area contributed by atoms with Crippen LogP contribution in [0.3, 0.4) is 0 Å². The molecule has 1 aromatic rings. The zero-order chi connectivity index (χ0) is 15.7. The van der Waals surface area contributed by atoms with Gasteiger partial charge in [0.2, 0.25) is 0 Å². The maximum atomic E-state index is 11.3. The van der Waals surface area contributed by atoms with Crippen molar-refractivity contribution in [1.29, 1.82) is 0 Å². The van der Waals surface area contributed by atoms with Crippen molar-refractivity contribution in [2.45, 2.75) is 45.8 Å². The molecule has 0 radical (unpaired) electrons. The van der Waals surface area contributed by atoms with Crippen LogP contribution in [0.5, 0.6) is 5.75 Å². The van der Waals surface area contributed by atoms with Gasteiger partial charge in [-0.05, 0) is 43.4 Å². The van der Waals surface area contributed by atoms with Crippen molar-refractivity contribution in [2.75, 3.05) is 7.11 Å². The number of carbonyl (C=O) groups excluding carboxylic acids is 1. The molecule has 0 saturated carbocycles. The Morgan fingerprint density at radius 3 is 2.48 bits per heavy atom. The van der Waals surface area contributed by atoms with Gasteiger partial charge in [-0.1, -0.05) is 25.1 Å². The number of ether oxygens (including phenoxy) is 2. The molecule has 0 bridgehead atoms. The van der Waals surface area contributed by atoms with Crippen LogP contribution in [0.15, 0.2) is 36.9 Å². The van der Waals surface area contributed by atoms with E-state index in [-0.39, 0.29) is 11.9 Å². The molecule has 0 aromatic heterocycles. The van der Waals surface area contributed by atoms with Gasteiger partial charge in [0.1, 0.15) is 11.5 Å². The largest absolute Gasteiger partial charge is 0.497 e. The van der Waals surface area contributed by atoms with Crippen LogP contribution in [0.1, 0.15) is 38.7 Å². The van der Waals surface area contributed by atoms with Crippen LogP contribution in [0.2, 0.25) is 0 Å². The molecule has 0 aliphatic carbocycles. The average Bonchev–Trinajstić information content (AvgIpc) is 2.49. The lowest BCUT2D eigenvalue weighted by Gasteiger charge is -2.18. The number of allylic oxidation sites excluding steroid dienone is 1. The van der Waals surface area contributed by atoms with Crippen LogP contribution in [-0.2, 0) is 16.1 Å². The molecule has 0 amide bonds. The summed E-state index contributed by atoms with van der Waals surface area (Å²) in [6, 6.07) is 7.79. The van der Waals surface area contributed by atoms with E-state index in [1.807, 2.05) is 30.3 Å². The first-order valence-electron chi connectivity index (χ1n) is 7.41. The molecular weight excluding hydrogens is 264 g/mol. The second kappa shape index (κ2) is 9.35. The number of Topliss-reactive ketones (excluding diaryl/α,β-unsaturated/α-hetero) is 1. The third-order valence-electron chi connectivity index (χ3n) is 3.51. The Morgan fingerprint density at radius 2 is 1.95 bits per heavy atom. The Balaban J connectivity index is 2.50. The Hall–Kier alpha value is -1.61. The monoisotopic (exact) mass is 290 g/mol. The first kappa shape index (κ1) is 17.4. The van der Waals surface area contributed by atoms with Gasteiger partial charge in [0, 0.05) is 6.42 Å². The molecule has 21 heavy (non-hydrogen) atoms. The van der Waals surface area contributed by atoms with Crippen molar-refractivity contribution in [3.63, 3.8) is 0 Å². The highest BCUT2D eigenvalue weighted by molar-refractivity contribution is 5.75. The highest BCUT2D eigenvalue weighted by atomic mass is 16.5. The quantitative estimate of drug-likeness (QED) is 0.607. The number of rotatable bonds is 10. The van der Waals surface area contributed by atoms with Gasteiger partial charge in [-0.3, -0.25) is 4.79 Å². The summed E-state index contributed by atoms with van der Waals surface area (Å²) >= 11 is 0. The molecule has 0 aliphatic rings. The molecule has 3 heteroatoms. The minimum atomic E-state index is -0.0213. The van der Waals surface area contributed by atoms with Crippen molar-refractivity contribution < 1.29 is 14.3 Å². The van der Waals surface area contributed by atoms with Crippen LogP contribution < -0.4 is 4.74 Å². The molecular formula is C18H26O3. The molecule has 116 valence electrons. The number of hydrogen-bond donors (Lipinski definition) is 0. The molecule has 2 atom stereocenters. The second-order valence-corrected chi connectivity index (χ2v) is 5.48. The van der Waals surface area contributed by atoms with Crippen molar-refractivity contribution >= 4 is 5.78 Å². The third-order valence-corrected chi connectivity index (χ3v) is 3.51. The summed E-state index contributed by atoms with van der Waals surface area (Å²) in [7, 11) is 1.65. The number of hydrogen-bond acceptors (Lipinski definition) is 3. The molecule has 0 saturated heterocycles. The van der Waals surface area contributed by atoms with E-state index in [9.17, 15) is 4.79 Å². The number of ketones is 1. The van der Waals surface area contributed by atoms with Crippen LogP contribution in [0.25, 0.3) is 0 Å². The van der Waals surface area contributed by atoms with E-state index >= 15 is 0 Å². The highest BCUT2D eigenvalue weighted by Crippen LogP contribution is 2.17. The van der Waals surface area contributed by atoms with E-state index in [2.05, 4.69) is 13.5 Å². The van der Waals surface area contributed by atoms with Gasteiger partial charge >= 0.3 is 0 Å². The summed E-state index contributed by atoms with van der Waals surface area (Å²) in [5.41, 5.74) is 1.08. The lowest BCUT2D eigenvalue weighted by Crippen LogP contribution is -2.17. The summed E-state index contributed by atoms with van der Waals surface area (Å²) in [5, 5.41) is 0. The molecule has 3 nitrogen and oxygen atoms in total. The molecule has 0 fully saturated rings. The van der Waals surface area contributed by atoms with Crippen molar-refractivity contribution in [3.05, 3.63) is 42.5 Å². The lowest BCUT2D eigenvalue weighted by atomic mass is 10.0. The van der Waals surface area contributed by atoms with Gasteiger partial charge in [0.25, 0.3) is 0 Å².